The summed E-state index contributed by atoms with van der Waals surface area (Å²) in [6.45, 7) is 0. The molecule has 0 fully saturated rings. The molecule has 0 aliphatic heterocycles. The first-order valence-corrected chi connectivity index (χ1v) is 18.7. The van der Waals surface area contributed by atoms with Gasteiger partial charge >= 0.3 is 0 Å². The van der Waals surface area contributed by atoms with Gasteiger partial charge in [0.05, 0.1) is 16.8 Å². The lowest BCUT2D eigenvalue weighted by Crippen LogP contribution is -2.30. The van der Waals surface area contributed by atoms with E-state index in [4.69, 9.17) is 9.97 Å². The molecule has 256 valence electrons. The van der Waals surface area contributed by atoms with Crippen LogP contribution in [0.1, 0.15) is 33.4 Å². The quantitative estimate of drug-likeness (QED) is 0.184. The third-order valence-electron chi connectivity index (χ3n) is 11.4. The van der Waals surface area contributed by atoms with Crippen molar-refractivity contribution in [2.75, 3.05) is 0 Å². The van der Waals surface area contributed by atoms with Crippen molar-refractivity contribution in [2.45, 2.75) is 5.41 Å². The smallest absolute Gasteiger partial charge is 0.160 e. The molecule has 3 heteroatoms. The summed E-state index contributed by atoms with van der Waals surface area (Å²) in [6, 6.07) is 63.4. The van der Waals surface area contributed by atoms with E-state index in [1.54, 1.807) is 6.20 Å². The van der Waals surface area contributed by atoms with Crippen LogP contribution in [0.25, 0.3) is 79.1 Å². The van der Waals surface area contributed by atoms with Crippen LogP contribution < -0.4 is 0 Å². The van der Waals surface area contributed by atoms with Gasteiger partial charge in [0.1, 0.15) is 0 Å². The number of hydrogen-bond acceptors (Lipinski definition) is 3. The Kier molecular flexibility index (Phi) is 7.08. The van der Waals surface area contributed by atoms with Crippen LogP contribution in [-0.2, 0) is 5.41 Å². The lowest BCUT2D eigenvalue weighted by Gasteiger charge is -2.35. The molecule has 55 heavy (non-hydrogen) atoms. The number of fused-ring (bicyclic) bond motifs is 10. The van der Waals surface area contributed by atoms with E-state index in [0.29, 0.717) is 5.82 Å². The van der Waals surface area contributed by atoms with E-state index < -0.39 is 5.41 Å². The van der Waals surface area contributed by atoms with Gasteiger partial charge in [-0.2, -0.15) is 0 Å². The van der Waals surface area contributed by atoms with Crippen LogP contribution in [-0.4, -0.2) is 15.0 Å². The molecule has 1 atom stereocenters. The summed E-state index contributed by atoms with van der Waals surface area (Å²) >= 11 is 0. The normalized spacial score (nSPS) is 14.9. The molecule has 2 aromatic heterocycles. The minimum absolute atomic E-state index is 0.566. The second-order valence-electron chi connectivity index (χ2n) is 14.4. The molecule has 2 heterocycles. The summed E-state index contributed by atoms with van der Waals surface area (Å²) in [5.41, 5.74) is 16.5. The lowest BCUT2D eigenvalue weighted by molar-refractivity contribution is 0.767. The lowest BCUT2D eigenvalue weighted by atomic mass is 9.65. The fourth-order valence-corrected chi connectivity index (χ4v) is 8.87. The average Bonchev–Trinajstić information content (AvgIpc) is 3.45. The van der Waals surface area contributed by atoms with Crippen molar-refractivity contribution in [3.63, 3.8) is 0 Å². The second kappa shape index (κ2) is 12.4. The first-order valence-electron chi connectivity index (χ1n) is 18.7. The molecule has 0 bridgehead atoms. The zero-order valence-corrected chi connectivity index (χ0v) is 29.9. The highest BCUT2D eigenvalue weighted by atomic mass is 14.9. The highest BCUT2D eigenvalue weighted by Gasteiger charge is 2.48. The molecule has 0 amide bonds. The van der Waals surface area contributed by atoms with E-state index in [1.807, 2.05) is 18.3 Å². The van der Waals surface area contributed by atoms with Crippen molar-refractivity contribution in [3.05, 3.63) is 222 Å². The van der Waals surface area contributed by atoms with Gasteiger partial charge in [-0.05, 0) is 96.7 Å². The molecule has 1 spiro atoms. The largest absolute Gasteiger partial charge is 0.264 e. The zero-order chi connectivity index (χ0) is 36.3. The number of pyridine rings is 1. The fraction of sp³-hybridized carbons (Fsp3) is 0.0192. The molecule has 7 aromatic carbocycles. The van der Waals surface area contributed by atoms with Gasteiger partial charge in [0.15, 0.2) is 5.82 Å². The number of nitrogens with zero attached hydrogens (tertiary/aromatic N) is 3. The Labute approximate surface area is 320 Å². The predicted molar refractivity (Wildman–Crippen MR) is 225 cm³/mol. The van der Waals surface area contributed by atoms with Gasteiger partial charge in [-0.1, -0.05) is 158 Å². The molecule has 2 aliphatic rings. The maximum Gasteiger partial charge on any atom is 0.160 e. The maximum absolute atomic E-state index is 5.32. The third-order valence-corrected chi connectivity index (χ3v) is 11.4. The van der Waals surface area contributed by atoms with Crippen molar-refractivity contribution in [1.29, 1.82) is 0 Å². The Bertz CT molecular complexity index is 2970. The summed E-state index contributed by atoms with van der Waals surface area (Å²) in [6.07, 6.45) is 8.26. The Balaban J connectivity index is 1.16. The number of rotatable bonds is 4. The summed E-state index contributed by atoms with van der Waals surface area (Å²) in [5.74, 6) is 0.692. The minimum Gasteiger partial charge on any atom is -0.264 e. The van der Waals surface area contributed by atoms with Crippen LogP contribution >= 0.6 is 0 Å². The van der Waals surface area contributed by atoms with Crippen molar-refractivity contribution >= 4 is 22.9 Å². The Morgan fingerprint density at radius 3 is 1.76 bits per heavy atom. The standard InChI is InChI=1S/C52H33N3/c1-2-12-37(13-3-1)49-32-50(38-25-20-34(21-26-38)42-16-10-28-53-33-42)55-51(54-49)41-27-24-36-23-22-35-11-6-8-18-45(35)52(47(36)31-41)46-19-9-7-17-43(46)44-29-39-14-4-5-15-40(39)30-48(44)52/h1-33H. The molecule has 0 radical (unpaired) electrons. The van der Waals surface area contributed by atoms with Gasteiger partial charge in [0.2, 0.25) is 0 Å². The van der Waals surface area contributed by atoms with Gasteiger partial charge in [0.25, 0.3) is 0 Å². The van der Waals surface area contributed by atoms with Crippen LogP contribution in [0.4, 0.5) is 0 Å². The predicted octanol–water partition coefficient (Wildman–Crippen LogP) is 12.5. The van der Waals surface area contributed by atoms with Crippen molar-refractivity contribution in [2.24, 2.45) is 0 Å². The van der Waals surface area contributed by atoms with Crippen LogP contribution in [0, 0.1) is 0 Å². The summed E-state index contributed by atoms with van der Waals surface area (Å²) in [5, 5.41) is 2.48. The van der Waals surface area contributed by atoms with Crippen molar-refractivity contribution < 1.29 is 0 Å². The van der Waals surface area contributed by atoms with E-state index in [0.717, 1.165) is 39.2 Å². The highest BCUT2D eigenvalue weighted by Crippen LogP contribution is 2.59. The summed E-state index contributed by atoms with van der Waals surface area (Å²) < 4.78 is 0. The molecule has 9 aromatic rings. The Morgan fingerprint density at radius 2 is 0.982 bits per heavy atom. The zero-order valence-electron chi connectivity index (χ0n) is 29.9. The topological polar surface area (TPSA) is 38.7 Å². The minimum atomic E-state index is -0.566. The van der Waals surface area contributed by atoms with E-state index in [-0.39, 0.29) is 0 Å². The first-order chi connectivity index (χ1) is 27.2. The van der Waals surface area contributed by atoms with Gasteiger partial charge in [-0.25, -0.2) is 9.97 Å². The van der Waals surface area contributed by atoms with E-state index >= 15 is 0 Å². The summed E-state index contributed by atoms with van der Waals surface area (Å²) in [4.78, 5) is 14.9. The molecule has 0 saturated heterocycles. The fourth-order valence-electron chi connectivity index (χ4n) is 8.87. The second-order valence-corrected chi connectivity index (χ2v) is 14.4. The van der Waals surface area contributed by atoms with Gasteiger partial charge in [-0.15, -0.1) is 0 Å². The summed E-state index contributed by atoms with van der Waals surface area (Å²) in [7, 11) is 0. The van der Waals surface area contributed by atoms with Crippen molar-refractivity contribution in [1.82, 2.24) is 15.0 Å². The molecule has 0 saturated carbocycles. The molecule has 11 rings (SSSR count). The average molecular weight is 700 g/mol. The molecule has 1 unspecified atom stereocenters. The third kappa shape index (κ3) is 4.94. The SMILES string of the molecule is C1=Cc2ccc(-c3nc(-c4ccccc4)cc(-c4ccc(-c5cccnc5)cc4)n3)cc2C2(c3ccccc31)c1ccccc1-c1cc3ccccc3cc12. The molecule has 3 nitrogen and oxygen atoms in total. The number of hydrogen-bond donors (Lipinski definition) is 0. The van der Waals surface area contributed by atoms with E-state index in [1.165, 1.54) is 55.3 Å². The van der Waals surface area contributed by atoms with Gasteiger partial charge < -0.3 is 0 Å². The Morgan fingerprint density at radius 1 is 0.364 bits per heavy atom. The highest BCUT2D eigenvalue weighted by molar-refractivity contribution is 5.98. The molecule has 0 N–H and O–H groups in total. The molecular formula is C52H33N3. The van der Waals surface area contributed by atoms with Crippen molar-refractivity contribution in [3.8, 4) is 56.2 Å². The molecule has 2 aliphatic carbocycles. The van der Waals surface area contributed by atoms with Gasteiger partial charge in [0, 0.05) is 29.1 Å². The van der Waals surface area contributed by atoms with Crippen LogP contribution in [0.5, 0.6) is 0 Å². The van der Waals surface area contributed by atoms with Gasteiger partial charge in [-0.3, -0.25) is 4.98 Å². The van der Waals surface area contributed by atoms with E-state index in [2.05, 4.69) is 181 Å². The number of aromatic nitrogens is 3. The first kappa shape index (κ1) is 31.3. The number of benzene rings is 7. The monoisotopic (exact) mass is 699 g/mol. The molecular weight excluding hydrogens is 667 g/mol. The van der Waals surface area contributed by atoms with Crippen LogP contribution in [0.15, 0.2) is 188 Å². The Hall–Kier alpha value is -7.23. The van der Waals surface area contributed by atoms with Crippen LogP contribution in [0.3, 0.4) is 0 Å². The maximum atomic E-state index is 5.32. The van der Waals surface area contributed by atoms with Crippen LogP contribution in [0.2, 0.25) is 0 Å². The van der Waals surface area contributed by atoms with E-state index in [9.17, 15) is 0 Å².